The summed E-state index contributed by atoms with van der Waals surface area (Å²) in [5.74, 6) is 0.218. The zero-order valence-electron chi connectivity index (χ0n) is 10.9. The van der Waals surface area contributed by atoms with Gasteiger partial charge in [-0.1, -0.05) is 29.8 Å². The average Bonchev–Trinajstić information content (AvgIpc) is 2.27. The van der Waals surface area contributed by atoms with Gasteiger partial charge in [-0.15, -0.1) is 0 Å². The Morgan fingerprint density at radius 2 is 1.94 bits per heavy atom. The maximum atomic E-state index is 11.1. The summed E-state index contributed by atoms with van der Waals surface area (Å²) in [5.41, 5.74) is 1.10. The van der Waals surface area contributed by atoms with Crippen LogP contribution in [0.3, 0.4) is 0 Å². The van der Waals surface area contributed by atoms with Crippen molar-refractivity contribution in [2.24, 2.45) is 0 Å². The van der Waals surface area contributed by atoms with Crippen molar-refractivity contribution in [3.05, 3.63) is 34.9 Å². The van der Waals surface area contributed by atoms with Gasteiger partial charge < -0.3 is 0 Å². The number of carbonyl (C=O) groups excluding carboxylic acids is 1. The van der Waals surface area contributed by atoms with Crippen molar-refractivity contribution in [2.45, 2.75) is 39.3 Å². The van der Waals surface area contributed by atoms with E-state index in [4.69, 9.17) is 11.6 Å². The molecule has 0 aliphatic carbocycles. The third-order valence-electron chi connectivity index (χ3n) is 3.24. The van der Waals surface area contributed by atoms with E-state index in [0.717, 1.165) is 10.6 Å². The van der Waals surface area contributed by atoms with E-state index < -0.39 is 0 Å². The molecule has 2 nitrogen and oxygen atoms in total. The highest BCUT2D eigenvalue weighted by molar-refractivity contribution is 6.31. The molecule has 2 atom stereocenters. The molecule has 0 aliphatic heterocycles. The molecule has 1 rings (SSSR count). The SMILES string of the molecule is CC(=O)CC(C)N(C)C(C)c1ccccc1Cl. The third-order valence-corrected chi connectivity index (χ3v) is 3.59. The lowest BCUT2D eigenvalue weighted by molar-refractivity contribution is -0.118. The second kappa shape index (κ2) is 6.18. The van der Waals surface area contributed by atoms with Crippen molar-refractivity contribution in [3.8, 4) is 0 Å². The van der Waals surface area contributed by atoms with Crippen LogP contribution in [0.2, 0.25) is 5.02 Å². The van der Waals surface area contributed by atoms with E-state index >= 15 is 0 Å². The van der Waals surface area contributed by atoms with Gasteiger partial charge in [0, 0.05) is 23.5 Å². The lowest BCUT2D eigenvalue weighted by Gasteiger charge is -2.31. The van der Waals surface area contributed by atoms with Crippen molar-refractivity contribution in [1.29, 1.82) is 0 Å². The van der Waals surface area contributed by atoms with Crippen LogP contribution in [0.25, 0.3) is 0 Å². The molecule has 0 aliphatic rings. The average molecular weight is 254 g/mol. The van der Waals surface area contributed by atoms with E-state index in [1.807, 2.05) is 31.3 Å². The molecule has 0 fully saturated rings. The molecule has 0 N–H and O–H groups in total. The number of hydrogen-bond acceptors (Lipinski definition) is 2. The highest BCUT2D eigenvalue weighted by Gasteiger charge is 2.19. The summed E-state index contributed by atoms with van der Waals surface area (Å²) in [6, 6.07) is 8.27. The fraction of sp³-hybridized carbons (Fsp3) is 0.500. The van der Waals surface area contributed by atoms with Gasteiger partial charge in [0.25, 0.3) is 0 Å². The molecule has 0 saturated heterocycles. The predicted octanol–water partition coefficient (Wildman–Crippen LogP) is 3.70. The molecule has 3 heteroatoms. The molecule has 0 spiro atoms. The van der Waals surface area contributed by atoms with Crippen LogP contribution in [0.5, 0.6) is 0 Å². The van der Waals surface area contributed by atoms with Crippen LogP contribution in [-0.2, 0) is 4.79 Å². The maximum Gasteiger partial charge on any atom is 0.131 e. The van der Waals surface area contributed by atoms with Crippen LogP contribution in [0, 0.1) is 0 Å². The number of benzene rings is 1. The van der Waals surface area contributed by atoms with Crippen LogP contribution < -0.4 is 0 Å². The Labute approximate surface area is 109 Å². The summed E-state index contributed by atoms with van der Waals surface area (Å²) >= 11 is 6.18. The normalized spacial score (nSPS) is 14.7. The van der Waals surface area contributed by atoms with Gasteiger partial charge in [0.2, 0.25) is 0 Å². The van der Waals surface area contributed by atoms with Crippen LogP contribution in [-0.4, -0.2) is 23.8 Å². The Bertz CT molecular complexity index is 392. The predicted molar refractivity (Wildman–Crippen MR) is 72.4 cm³/mol. The third kappa shape index (κ3) is 3.83. The summed E-state index contributed by atoms with van der Waals surface area (Å²) in [4.78, 5) is 13.3. The van der Waals surface area contributed by atoms with Gasteiger partial charge >= 0.3 is 0 Å². The lowest BCUT2D eigenvalue weighted by atomic mass is 10.0. The number of nitrogens with zero attached hydrogens (tertiary/aromatic N) is 1. The molecule has 1 aromatic carbocycles. The fourth-order valence-corrected chi connectivity index (χ4v) is 2.27. The molecule has 2 unspecified atom stereocenters. The first-order valence-corrected chi connectivity index (χ1v) is 6.27. The number of carbonyl (C=O) groups is 1. The monoisotopic (exact) mass is 253 g/mol. The van der Waals surface area contributed by atoms with Crippen LogP contribution in [0.4, 0.5) is 0 Å². The topological polar surface area (TPSA) is 20.3 Å². The standard InChI is InChI=1S/C14H20ClNO/c1-10(9-11(2)17)16(4)12(3)13-7-5-6-8-14(13)15/h5-8,10,12H,9H2,1-4H3. The molecule has 0 heterocycles. The first-order chi connectivity index (χ1) is 7.93. The van der Waals surface area contributed by atoms with E-state index in [1.54, 1.807) is 6.92 Å². The number of hydrogen-bond donors (Lipinski definition) is 0. The van der Waals surface area contributed by atoms with Gasteiger partial charge in [-0.3, -0.25) is 9.69 Å². The zero-order valence-corrected chi connectivity index (χ0v) is 11.7. The van der Waals surface area contributed by atoms with Crippen molar-refractivity contribution in [2.75, 3.05) is 7.05 Å². The highest BCUT2D eigenvalue weighted by atomic mass is 35.5. The maximum absolute atomic E-state index is 11.1. The highest BCUT2D eigenvalue weighted by Crippen LogP contribution is 2.27. The molecule has 17 heavy (non-hydrogen) atoms. The minimum Gasteiger partial charge on any atom is -0.300 e. The second-order valence-electron chi connectivity index (χ2n) is 4.62. The summed E-state index contributed by atoms with van der Waals surface area (Å²) in [6.45, 7) is 5.80. The van der Waals surface area contributed by atoms with E-state index in [-0.39, 0.29) is 17.9 Å². The summed E-state index contributed by atoms with van der Waals surface area (Å²) in [7, 11) is 2.03. The van der Waals surface area contributed by atoms with Crippen molar-refractivity contribution in [3.63, 3.8) is 0 Å². The van der Waals surface area contributed by atoms with E-state index in [2.05, 4.69) is 18.7 Å². The van der Waals surface area contributed by atoms with Crippen LogP contribution in [0.1, 0.15) is 38.8 Å². The van der Waals surface area contributed by atoms with Gasteiger partial charge in [-0.25, -0.2) is 0 Å². The molecule has 0 saturated carbocycles. The van der Waals surface area contributed by atoms with Crippen molar-refractivity contribution >= 4 is 17.4 Å². The van der Waals surface area contributed by atoms with Gasteiger partial charge in [0.1, 0.15) is 5.78 Å². The number of ketones is 1. The van der Waals surface area contributed by atoms with Crippen LogP contribution in [0.15, 0.2) is 24.3 Å². The molecule has 94 valence electrons. The first kappa shape index (κ1) is 14.2. The molecule has 0 radical (unpaired) electrons. The smallest absolute Gasteiger partial charge is 0.131 e. The number of rotatable bonds is 5. The van der Waals surface area contributed by atoms with Crippen molar-refractivity contribution in [1.82, 2.24) is 4.90 Å². The van der Waals surface area contributed by atoms with E-state index in [1.165, 1.54) is 0 Å². The Morgan fingerprint density at radius 1 is 1.35 bits per heavy atom. The van der Waals surface area contributed by atoms with Crippen LogP contribution >= 0.6 is 11.6 Å². The summed E-state index contributed by atoms with van der Waals surface area (Å²) in [5, 5.41) is 0.780. The Hall–Kier alpha value is -0.860. The summed E-state index contributed by atoms with van der Waals surface area (Å²) in [6.07, 6.45) is 0.575. The van der Waals surface area contributed by atoms with Gasteiger partial charge in [-0.2, -0.15) is 0 Å². The Balaban J connectivity index is 2.79. The van der Waals surface area contributed by atoms with Crippen molar-refractivity contribution < 1.29 is 4.79 Å². The zero-order chi connectivity index (χ0) is 13.0. The second-order valence-corrected chi connectivity index (χ2v) is 5.03. The quantitative estimate of drug-likeness (QED) is 0.798. The van der Waals surface area contributed by atoms with Gasteiger partial charge in [0.15, 0.2) is 0 Å². The number of Topliss-reactive ketones (excluding diaryl/α,β-unsaturated/α-hetero) is 1. The molecule has 1 aromatic rings. The number of halogens is 1. The molecule has 0 amide bonds. The Kier molecular flexibility index (Phi) is 5.16. The molecular weight excluding hydrogens is 234 g/mol. The fourth-order valence-electron chi connectivity index (χ4n) is 1.98. The first-order valence-electron chi connectivity index (χ1n) is 5.89. The van der Waals surface area contributed by atoms with E-state index in [9.17, 15) is 4.79 Å². The van der Waals surface area contributed by atoms with Gasteiger partial charge in [0.05, 0.1) is 0 Å². The molecular formula is C14H20ClNO. The summed E-state index contributed by atoms with van der Waals surface area (Å²) < 4.78 is 0. The minimum atomic E-state index is 0.207. The van der Waals surface area contributed by atoms with Gasteiger partial charge in [-0.05, 0) is 39.4 Å². The Morgan fingerprint density at radius 3 is 2.47 bits per heavy atom. The van der Waals surface area contributed by atoms with E-state index in [0.29, 0.717) is 6.42 Å². The largest absolute Gasteiger partial charge is 0.300 e. The molecule has 0 bridgehead atoms. The minimum absolute atomic E-state index is 0.207. The lowest BCUT2D eigenvalue weighted by Crippen LogP contribution is -2.33. The molecule has 0 aromatic heterocycles.